The number of pyridine rings is 1. The summed E-state index contributed by atoms with van der Waals surface area (Å²) in [5.41, 5.74) is 1.06. The van der Waals surface area contributed by atoms with Gasteiger partial charge in [0.2, 0.25) is 0 Å². The first-order valence-corrected chi connectivity index (χ1v) is 5.32. The number of hydrogen-bond acceptors (Lipinski definition) is 1. The standard InChI is InChI=1S/C12H9ClF3N/c1-6-5-9-8(11(13)7(6)2)3-4-10(17-9)12(14,15)16/h3-5H,1-2H3. The van der Waals surface area contributed by atoms with E-state index >= 15 is 0 Å². The first kappa shape index (κ1) is 12.2. The minimum atomic E-state index is -4.43. The molecule has 0 radical (unpaired) electrons. The van der Waals surface area contributed by atoms with Crippen molar-refractivity contribution in [3.05, 3.63) is 40.0 Å². The topological polar surface area (TPSA) is 12.9 Å². The van der Waals surface area contributed by atoms with Crippen molar-refractivity contribution in [1.82, 2.24) is 4.98 Å². The van der Waals surface area contributed by atoms with Crippen molar-refractivity contribution in [1.29, 1.82) is 0 Å². The molecule has 1 nitrogen and oxygen atoms in total. The summed E-state index contributed by atoms with van der Waals surface area (Å²) >= 11 is 6.08. The van der Waals surface area contributed by atoms with Crippen LogP contribution in [0.2, 0.25) is 5.02 Å². The molecule has 2 aromatic rings. The second kappa shape index (κ2) is 3.88. The van der Waals surface area contributed by atoms with E-state index in [0.717, 1.165) is 17.2 Å². The van der Waals surface area contributed by atoms with E-state index in [1.807, 2.05) is 6.92 Å². The van der Waals surface area contributed by atoms with Crippen LogP contribution in [-0.4, -0.2) is 4.98 Å². The second-order valence-corrected chi connectivity index (χ2v) is 4.27. The molecule has 0 saturated heterocycles. The van der Waals surface area contributed by atoms with Crippen LogP contribution in [0.3, 0.4) is 0 Å². The maximum atomic E-state index is 12.5. The minimum absolute atomic E-state index is 0.271. The van der Waals surface area contributed by atoms with Crippen LogP contribution >= 0.6 is 11.6 Å². The molecule has 0 bridgehead atoms. The second-order valence-electron chi connectivity index (χ2n) is 3.89. The molecular weight excluding hydrogens is 251 g/mol. The number of benzene rings is 1. The molecule has 1 aromatic heterocycles. The van der Waals surface area contributed by atoms with E-state index in [9.17, 15) is 13.2 Å². The maximum absolute atomic E-state index is 12.5. The van der Waals surface area contributed by atoms with Crippen molar-refractivity contribution >= 4 is 22.5 Å². The van der Waals surface area contributed by atoms with Gasteiger partial charge in [-0.25, -0.2) is 4.98 Å². The largest absolute Gasteiger partial charge is 0.433 e. The average molecular weight is 260 g/mol. The Bertz CT molecular complexity index is 590. The van der Waals surface area contributed by atoms with Gasteiger partial charge in [0.05, 0.1) is 10.5 Å². The molecule has 17 heavy (non-hydrogen) atoms. The van der Waals surface area contributed by atoms with Crippen LogP contribution in [0.5, 0.6) is 0 Å². The highest BCUT2D eigenvalue weighted by molar-refractivity contribution is 6.36. The third kappa shape index (κ3) is 2.09. The van der Waals surface area contributed by atoms with E-state index in [1.165, 1.54) is 6.07 Å². The SMILES string of the molecule is Cc1cc2nc(C(F)(F)F)ccc2c(Cl)c1C. The van der Waals surface area contributed by atoms with E-state index in [-0.39, 0.29) is 5.52 Å². The number of hydrogen-bond donors (Lipinski definition) is 0. The summed E-state index contributed by atoms with van der Waals surface area (Å²) in [6.07, 6.45) is -4.43. The number of rotatable bonds is 0. The summed E-state index contributed by atoms with van der Waals surface area (Å²) in [5.74, 6) is 0. The summed E-state index contributed by atoms with van der Waals surface area (Å²) in [6, 6.07) is 3.93. The normalized spacial score (nSPS) is 12.1. The highest BCUT2D eigenvalue weighted by Crippen LogP contribution is 2.33. The van der Waals surface area contributed by atoms with Gasteiger partial charge in [-0.05, 0) is 43.2 Å². The van der Waals surface area contributed by atoms with Crippen molar-refractivity contribution in [2.24, 2.45) is 0 Å². The molecule has 0 fully saturated rings. The first-order valence-electron chi connectivity index (χ1n) is 4.94. The molecule has 0 unspecified atom stereocenters. The smallest absolute Gasteiger partial charge is 0.243 e. The fourth-order valence-electron chi connectivity index (χ4n) is 1.62. The van der Waals surface area contributed by atoms with Crippen LogP contribution in [0.15, 0.2) is 18.2 Å². The lowest BCUT2D eigenvalue weighted by Crippen LogP contribution is -2.07. The third-order valence-electron chi connectivity index (χ3n) is 2.73. The van der Waals surface area contributed by atoms with Crippen LogP contribution in [0.25, 0.3) is 10.9 Å². The summed E-state index contributed by atoms with van der Waals surface area (Å²) in [6.45, 7) is 3.62. The molecule has 1 heterocycles. The van der Waals surface area contributed by atoms with E-state index in [4.69, 9.17) is 11.6 Å². The molecule has 0 aliphatic carbocycles. The number of aryl methyl sites for hydroxylation is 1. The maximum Gasteiger partial charge on any atom is 0.433 e. The van der Waals surface area contributed by atoms with Gasteiger partial charge >= 0.3 is 6.18 Å². The van der Waals surface area contributed by atoms with E-state index < -0.39 is 11.9 Å². The minimum Gasteiger partial charge on any atom is -0.243 e. The van der Waals surface area contributed by atoms with Crippen molar-refractivity contribution < 1.29 is 13.2 Å². The fraction of sp³-hybridized carbons (Fsp3) is 0.250. The van der Waals surface area contributed by atoms with Gasteiger partial charge in [0.25, 0.3) is 0 Å². The Labute approximate surface area is 101 Å². The Morgan fingerprint density at radius 1 is 1.18 bits per heavy atom. The Morgan fingerprint density at radius 3 is 2.41 bits per heavy atom. The summed E-state index contributed by atoms with van der Waals surface area (Å²) in [7, 11) is 0. The Morgan fingerprint density at radius 2 is 1.82 bits per heavy atom. The van der Waals surface area contributed by atoms with Crippen LogP contribution in [0.4, 0.5) is 13.2 Å². The van der Waals surface area contributed by atoms with Crippen LogP contribution in [-0.2, 0) is 6.18 Å². The average Bonchev–Trinajstić information content (AvgIpc) is 2.24. The molecule has 90 valence electrons. The number of aromatic nitrogens is 1. The van der Waals surface area contributed by atoms with Gasteiger partial charge in [-0.2, -0.15) is 13.2 Å². The van der Waals surface area contributed by atoms with Gasteiger partial charge in [0.1, 0.15) is 5.69 Å². The molecule has 0 saturated carbocycles. The zero-order chi connectivity index (χ0) is 12.8. The van der Waals surface area contributed by atoms with Gasteiger partial charge in [-0.3, -0.25) is 0 Å². The highest BCUT2D eigenvalue weighted by atomic mass is 35.5. The predicted molar refractivity (Wildman–Crippen MR) is 61.2 cm³/mol. The Hall–Kier alpha value is -1.29. The molecule has 1 aromatic carbocycles. The van der Waals surface area contributed by atoms with Crippen molar-refractivity contribution in [2.75, 3.05) is 0 Å². The van der Waals surface area contributed by atoms with Crippen molar-refractivity contribution in [2.45, 2.75) is 20.0 Å². The number of fused-ring (bicyclic) bond motifs is 1. The lowest BCUT2D eigenvalue weighted by Gasteiger charge is -2.10. The highest BCUT2D eigenvalue weighted by Gasteiger charge is 2.32. The Kier molecular flexibility index (Phi) is 2.78. The van der Waals surface area contributed by atoms with Crippen LogP contribution < -0.4 is 0 Å². The quantitative estimate of drug-likeness (QED) is 0.678. The zero-order valence-corrected chi connectivity index (χ0v) is 9.95. The van der Waals surface area contributed by atoms with E-state index in [1.54, 1.807) is 13.0 Å². The van der Waals surface area contributed by atoms with Gasteiger partial charge in [0, 0.05) is 5.39 Å². The van der Waals surface area contributed by atoms with E-state index in [2.05, 4.69) is 4.98 Å². The van der Waals surface area contributed by atoms with Gasteiger partial charge in [-0.1, -0.05) is 11.6 Å². The zero-order valence-electron chi connectivity index (χ0n) is 9.19. The molecular formula is C12H9ClF3N. The Balaban J connectivity index is 2.76. The molecule has 2 rings (SSSR count). The molecule has 5 heteroatoms. The summed E-state index contributed by atoms with van der Waals surface area (Å²) in [5, 5.41) is 1.00. The molecule has 0 aliphatic rings. The number of nitrogens with zero attached hydrogens (tertiary/aromatic N) is 1. The fourth-order valence-corrected chi connectivity index (χ4v) is 1.93. The van der Waals surface area contributed by atoms with Crippen molar-refractivity contribution in [3.63, 3.8) is 0 Å². The van der Waals surface area contributed by atoms with Gasteiger partial charge in [-0.15, -0.1) is 0 Å². The predicted octanol–water partition coefficient (Wildman–Crippen LogP) is 4.52. The molecule has 0 atom stereocenters. The molecule has 0 aliphatic heterocycles. The monoisotopic (exact) mass is 259 g/mol. The lowest BCUT2D eigenvalue weighted by molar-refractivity contribution is -0.140. The molecule has 0 amide bonds. The molecule has 0 spiro atoms. The number of alkyl halides is 3. The van der Waals surface area contributed by atoms with Gasteiger partial charge < -0.3 is 0 Å². The first-order chi connectivity index (χ1) is 7.80. The summed E-state index contributed by atoms with van der Waals surface area (Å²) in [4.78, 5) is 3.60. The molecule has 0 N–H and O–H groups in total. The van der Waals surface area contributed by atoms with E-state index in [0.29, 0.717) is 10.4 Å². The lowest BCUT2D eigenvalue weighted by atomic mass is 10.1. The third-order valence-corrected chi connectivity index (χ3v) is 3.21. The number of halogens is 4. The summed E-state index contributed by atoms with van der Waals surface area (Å²) < 4.78 is 37.5. The van der Waals surface area contributed by atoms with Gasteiger partial charge in [0.15, 0.2) is 0 Å². The van der Waals surface area contributed by atoms with Crippen LogP contribution in [0, 0.1) is 13.8 Å². The van der Waals surface area contributed by atoms with Crippen LogP contribution in [0.1, 0.15) is 16.8 Å². The van der Waals surface area contributed by atoms with Crippen molar-refractivity contribution in [3.8, 4) is 0 Å².